The van der Waals surface area contributed by atoms with Gasteiger partial charge in [-0.1, -0.05) is 42.0 Å². The van der Waals surface area contributed by atoms with Crippen molar-refractivity contribution in [2.75, 3.05) is 12.3 Å². The molecule has 0 spiro atoms. The van der Waals surface area contributed by atoms with Crippen LogP contribution in [0.1, 0.15) is 23.6 Å². The zero-order chi connectivity index (χ0) is 17.4. The van der Waals surface area contributed by atoms with Crippen LogP contribution >= 0.6 is 11.8 Å². The highest BCUT2D eigenvalue weighted by Crippen LogP contribution is 2.15. The van der Waals surface area contributed by atoms with Gasteiger partial charge in [0.15, 0.2) is 6.10 Å². The topological polar surface area (TPSA) is 38.3 Å². The molecule has 0 aliphatic heterocycles. The molecule has 3 nitrogen and oxygen atoms in total. The lowest BCUT2D eigenvalue weighted by molar-refractivity contribution is -0.127. The van der Waals surface area contributed by atoms with Crippen LogP contribution < -0.4 is 10.1 Å². The molecule has 0 fully saturated rings. The minimum atomic E-state index is -0.492. The molecule has 0 unspecified atom stereocenters. The summed E-state index contributed by atoms with van der Waals surface area (Å²) >= 11 is 1.82. The molecule has 1 atom stereocenters. The van der Waals surface area contributed by atoms with E-state index in [4.69, 9.17) is 4.74 Å². The Labute approximate surface area is 148 Å². The van der Waals surface area contributed by atoms with Gasteiger partial charge in [-0.15, -0.1) is 0 Å². The monoisotopic (exact) mass is 343 g/mol. The lowest BCUT2D eigenvalue weighted by Crippen LogP contribution is -2.37. The highest BCUT2D eigenvalue weighted by molar-refractivity contribution is 7.98. The summed E-state index contributed by atoms with van der Waals surface area (Å²) in [6, 6.07) is 16.2. The molecule has 0 radical (unpaired) electrons. The number of carbonyl (C=O) groups is 1. The molecule has 2 aromatic rings. The third kappa shape index (κ3) is 6.28. The van der Waals surface area contributed by atoms with Crippen molar-refractivity contribution in [2.24, 2.45) is 0 Å². The first kappa shape index (κ1) is 18.4. The second kappa shape index (κ2) is 9.38. The third-order valence-corrected chi connectivity index (χ3v) is 4.60. The molecule has 0 aliphatic carbocycles. The molecule has 0 aromatic heterocycles. The van der Waals surface area contributed by atoms with E-state index in [0.29, 0.717) is 6.54 Å². The van der Waals surface area contributed by atoms with Gasteiger partial charge >= 0.3 is 0 Å². The summed E-state index contributed by atoms with van der Waals surface area (Å²) in [4.78, 5) is 12.1. The summed E-state index contributed by atoms with van der Waals surface area (Å²) in [6.45, 7) is 6.53. The summed E-state index contributed by atoms with van der Waals surface area (Å²) in [7, 11) is 0. The van der Waals surface area contributed by atoms with Crippen LogP contribution in [0.25, 0.3) is 0 Å². The van der Waals surface area contributed by atoms with Crippen molar-refractivity contribution in [3.63, 3.8) is 0 Å². The smallest absolute Gasteiger partial charge is 0.260 e. The van der Waals surface area contributed by atoms with Gasteiger partial charge in [-0.2, -0.15) is 11.8 Å². The summed E-state index contributed by atoms with van der Waals surface area (Å²) in [5.74, 6) is 2.50. The van der Waals surface area contributed by atoms with E-state index < -0.39 is 6.10 Å². The van der Waals surface area contributed by atoms with Gasteiger partial charge in [-0.05, 0) is 44.0 Å². The number of thioether (sulfide) groups is 1. The average Bonchev–Trinajstić information content (AvgIpc) is 2.54. The number of rotatable bonds is 8. The number of hydrogen-bond donors (Lipinski definition) is 1. The molecule has 0 saturated carbocycles. The molecule has 0 aliphatic rings. The number of hydrogen-bond acceptors (Lipinski definition) is 3. The Morgan fingerprint density at radius 1 is 1.12 bits per heavy atom. The number of amides is 1. The first-order chi connectivity index (χ1) is 11.5. The van der Waals surface area contributed by atoms with E-state index in [-0.39, 0.29) is 5.91 Å². The summed E-state index contributed by atoms with van der Waals surface area (Å²) in [5, 5.41) is 2.93. The van der Waals surface area contributed by atoms with Crippen LogP contribution in [-0.4, -0.2) is 24.3 Å². The Kier molecular flexibility index (Phi) is 7.19. The largest absolute Gasteiger partial charge is 0.481 e. The number of benzene rings is 2. The Hall–Kier alpha value is -1.94. The van der Waals surface area contributed by atoms with Crippen molar-refractivity contribution in [3.05, 3.63) is 65.2 Å². The Balaban J connectivity index is 1.65. The molecule has 4 heteroatoms. The fraction of sp³-hybridized carbons (Fsp3) is 0.350. The minimum absolute atomic E-state index is 0.0762. The van der Waals surface area contributed by atoms with Crippen LogP contribution in [0, 0.1) is 13.8 Å². The van der Waals surface area contributed by atoms with Crippen LogP contribution in [0.2, 0.25) is 0 Å². The van der Waals surface area contributed by atoms with Gasteiger partial charge in [0.1, 0.15) is 5.75 Å². The first-order valence-electron chi connectivity index (χ1n) is 8.19. The molecule has 1 N–H and O–H groups in total. The Morgan fingerprint density at radius 2 is 1.83 bits per heavy atom. The number of nitrogens with one attached hydrogen (secondary N) is 1. The SMILES string of the molecule is Cc1cccc(CSCCNC(=O)[C@@H](C)Oc2cccc(C)c2)c1. The highest BCUT2D eigenvalue weighted by atomic mass is 32.2. The van der Waals surface area contributed by atoms with E-state index in [0.717, 1.165) is 22.8 Å². The Bertz CT molecular complexity index is 672. The summed E-state index contributed by atoms with van der Waals surface area (Å²) < 4.78 is 5.68. The zero-order valence-electron chi connectivity index (χ0n) is 14.5. The van der Waals surface area contributed by atoms with Crippen molar-refractivity contribution < 1.29 is 9.53 Å². The van der Waals surface area contributed by atoms with Gasteiger partial charge in [-0.3, -0.25) is 4.79 Å². The quantitative estimate of drug-likeness (QED) is 0.733. The van der Waals surface area contributed by atoms with E-state index >= 15 is 0 Å². The van der Waals surface area contributed by atoms with E-state index in [1.807, 2.05) is 43.0 Å². The molecule has 0 heterocycles. The second-order valence-corrected chi connectivity index (χ2v) is 7.01. The zero-order valence-corrected chi connectivity index (χ0v) is 15.4. The molecule has 24 heavy (non-hydrogen) atoms. The third-order valence-electron chi connectivity index (χ3n) is 3.57. The predicted octanol–water partition coefficient (Wildman–Crippen LogP) is 4.12. The normalized spacial score (nSPS) is 11.8. The first-order valence-corrected chi connectivity index (χ1v) is 9.34. The van der Waals surface area contributed by atoms with E-state index in [9.17, 15) is 4.79 Å². The Morgan fingerprint density at radius 3 is 2.54 bits per heavy atom. The summed E-state index contributed by atoms with van der Waals surface area (Å²) in [6.07, 6.45) is -0.492. The maximum Gasteiger partial charge on any atom is 0.260 e. The molecule has 2 aromatic carbocycles. The van der Waals surface area contributed by atoms with Gasteiger partial charge in [0.2, 0.25) is 0 Å². The lowest BCUT2D eigenvalue weighted by Gasteiger charge is -2.15. The van der Waals surface area contributed by atoms with E-state index in [1.54, 1.807) is 6.92 Å². The minimum Gasteiger partial charge on any atom is -0.481 e. The van der Waals surface area contributed by atoms with Crippen molar-refractivity contribution in [1.29, 1.82) is 0 Å². The fourth-order valence-electron chi connectivity index (χ4n) is 2.33. The van der Waals surface area contributed by atoms with Crippen LogP contribution in [0.15, 0.2) is 48.5 Å². The lowest BCUT2D eigenvalue weighted by atomic mass is 10.2. The highest BCUT2D eigenvalue weighted by Gasteiger charge is 2.13. The fourth-order valence-corrected chi connectivity index (χ4v) is 3.13. The van der Waals surface area contributed by atoms with Crippen LogP contribution in [-0.2, 0) is 10.5 Å². The van der Waals surface area contributed by atoms with Gasteiger partial charge in [-0.25, -0.2) is 0 Å². The molecular formula is C20H25NO2S. The molecule has 2 rings (SSSR count). The van der Waals surface area contributed by atoms with Crippen LogP contribution in [0.3, 0.4) is 0 Å². The van der Waals surface area contributed by atoms with Crippen molar-refractivity contribution in [3.8, 4) is 5.75 Å². The van der Waals surface area contributed by atoms with E-state index in [1.165, 1.54) is 11.1 Å². The number of carbonyl (C=O) groups excluding carboxylic acids is 1. The molecule has 0 saturated heterocycles. The molecule has 1 amide bonds. The number of aryl methyl sites for hydroxylation is 2. The van der Waals surface area contributed by atoms with Crippen LogP contribution in [0.5, 0.6) is 5.75 Å². The number of ether oxygens (including phenoxy) is 1. The van der Waals surface area contributed by atoms with Gasteiger partial charge in [0, 0.05) is 18.1 Å². The van der Waals surface area contributed by atoms with Crippen molar-refractivity contribution in [2.45, 2.75) is 32.6 Å². The standard InChI is InChI=1S/C20H25NO2S/c1-15-6-4-8-18(12-15)14-24-11-10-21-20(22)17(3)23-19-9-5-7-16(2)13-19/h4-9,12-13,17H,10-11,14H2,1-3H3,(H,21,22)/t17-/m1/s1. The predicted molar refractivity (Wildman–Crippen MR) is 102 cm³/mol. The van der Waals surface area contributed by atoms with Crippen molar-refractivity contribution in [1.82, 2.24) is 5.32 Å². The average molecular weight is 343 g/mol. The van der Waals surface area contributed by atoms with Gasteiger partial charge in [0.25, 0.3) is 5.91 Å². The second-order valence-electron chi connectivity index (χ2n) is 5.91. The molecule has 0 bridgehead atoms. The van der Waals surface area contributed by atoms with Crippen LogP contribution in [0.4, 0.5) is 0 Å². The van der Waals surface area contributed by atoms with Gasteiger partial charge < -0.3 is 10.1 Å². The van der Waals surface area contributed by atoms with Crippen molar-refractivity contribution >= 4 is 17.7 Å². The molecular weight excluding hydrogens is 318 g/mol. The maximum atomic E-state index is 12.1. The molecule has 128 valence electrons. The summed E-state index contributed by atoms with van der Waals surface area (Å²) in [5.41, 5.74) is 3.72. The maximum absolute atomic E-state index is 12.1. The van der Waals surface area contributed by atoms with Gasteiger partial charge in [0.05, 0.1) is 0 Å². The van der Waals surface area contributed by atoms with E-state index in [2.05, 4.69) is 36.5 Å².